The van der Waals surface area contributed by atoms with Crippen LogP contribution in [0.5, 0.6) is 0 Å². The molecule has 376 valence electrons. The van der Waals surface area contributed by atoms with Crippen LogP contribution in [-0.2, 0) is 0 Å². The molecule has 19 rings (SSSR count). The number of nitrogens with zero attached hydrogens (tertiary/aromatic N) is 6. The van der Waals surface area contributed by atoms with Gasteiger partial charge in [0.2, 0.25) is 0 Å². The van der Waals surface area contributed by atoms with Crippen LogP contribution in [0.1, 0.15) is 0 Å². The number of hydrogen-bond donors (Lipinski definition) is 0. The third-order valence-electron chi connectivity index (χ3n) is 18.5. The topological polar surface area (TPSA) is 19.4 Å². The fourth-order valence-electron chi connectivity index (χ4n) is 15.3. The van der Waals surface area contributed by atoms with Gasteiger partial charge in [-0.15, -0.1) is 0 Å². The van der Waals surface area contributed by atoms with Crippen molar-refractivity contribution in [3.63, 3.8) is 0 Å². The first-order valence-corrected chi connectivity index (χ1v) is 29.8. The van der Waals surface area contributed by atoms with E-state index in [-0.39, 0.29) is 27.9 Å². The third kappa shape index (κ3) is 5.60. The molecule has 81 heavy (non-hydrogen) atoms. The van der Waals surface area contributed by atoms with E-state index in [1.54, 1.807) is 0 Å². The fourth-order valence-corrected chi connectivity index (χ4v) is 18.0. The predicted molar refractivity (Wildman–Crippen MR) is 343 cm³/mol. The molecule has 0 spiro atoms. The Labute approximate surface area is 477 Å². The summed E-state index contributed by atoms with van der Waals surface area (Å²) in [5.41, 5.74) is 35.3. The number of fused-ring (bicyclic) bond motifs is 15. The predicted octanol–water partition coefficient (Wildman–Crippen LogP) is 14.1. The molecule has 0 unspecified atom stereocenters. The van der Waals surface area contributed by atoms with Gasteiger partial charge in [-0.05, 0) is 0 Å². The summed E-state index contributed by atoms with van der Waals surface area (Å²) in [4.78, 5) is 15.6. The second kappa shape index (κ2) is 16.0. The minimum atomic E-state index is -0.0820. The molecule has 7 aliphatic heterocycles. The van der Waals surface area contributed by atoms with Crippen LogP contribution in [0.2, 0.25) is 0 Å². The van der Waals surface area contributed by atoms with Gasteiger partial charge in [-0.3, -0.25) is 0 Å². The summed E-state index contributed by atoms with van der Waals surface area (Å²) in [6.07, 6.45) is 0. The molecular formula is C72H46B2N6Se. The number of anilines is 16. The number of rotatable bonds is 4. The summed E-state index contributed by atoms with van der Waals surface area (Å²) >= 11 is -0.0820. The van der Waals surface area contributed by atoms with Crippen LogP contribution in [0.25, 0.3) is 42.3 Å². The van der Waals surface area contributed by atoms with Gasteiger partial charge in [0, 0.05) is 0 Å². The van der Waals surface area contributed by atoms with Gasteiger partial charge in [0.1, 0.15) is 0 Å². The van der Waals surface area contributed by atoms with E-state index < -0.39 is 0 Å². The van der Waals surface area contributed by atoms with Gasteiger partial charge < -0.3 is 0 Å². The Kier molecular flexibility index (Phi) is 8.75. The van der Waals surface area contributed by atoms with Gasteiger partial charge in [-0.1, -0.05) is 24.3 Å². The van der Waals surface area contributed by atoms with E-state index in [2.05, 4.69) is 286 Å². The normalized spacial score (nSPS) is 14.3. The van der Waals surface area contributed by atoms with Crippen LogP contribution in [0.4, 0.5) is 91.0 Å². The summed E-state index contributed by atoms with van der Waals surface area (Å²) in [6.45, 7) is -0.143. The molecule has 7 aliphatic rings. The molecule has 0 atom stereocenters. The zero-order chi connectivity index (χ0) is 52.9. The van der Waals surface area contributed by atoms with Crippen LogP contribution in [0.15, 0.2) is 243 Å². The van der Waals surface area contributed by atoms with Crippen molar-refractivity contribution in [1.29, 1.82) is 0 Å². The van der Waals surface area contributed by atoms with Gasteiger partial charge in [-0.25, -0.2) is 0 Å². The summed E-state index contributed by atoms with van der Waals surface area (Å²) in [5, 5.41) is 0. The molecule has 0 saturated carbocycles. The van der Waals surface area contributed by atoms with E-state index in [0.717, 1.165) is 0 Å². The van der Waals surface area contributed by atoms with E-state index in [9.17, 15) is 0 Å². The fraction of sp³-hybridized carbons (Fsp3) is 0.0278. The second-order valence-electron chi connectivity index (χ2n) is 22.4. The standard InChI is InChI=1S/C72H46B2N6Se/c1-75-53-29-15-17-31-55(53)77-57-33-19-36-60-63(57)74(52-41-47(42-61(75)65(52)77)43-21-7-3-8-22-43)51-40-39-50-67-68(51)80(60)70-69(71(45-25-11-5-12-26-45)81-72(70)46-27-13-6-14-28-46)79(67)59-35-20-34-58-62(59)73(50)49-38-37-48(44-23-9-4-10-24-44)64-66(49)78(58)56-32-18-16-30-54(56)76(64)2/h3-42H,1-2H3. The van der Waals surface area contributed by atoms with Gasteiger partial charge in [-0.2, -0.15) is 0 Å². The monoisotopic (exact) mass is 1100 g/mol. The summed E-state index contributed by atoms with van der Waals surface area (Å²) in [5.74, 6) is 0. The van der Waals surface area contributed by atoms with Crippen molar-refractivity contribution in [3.05, 3.63) is 243 Å². The third-order valence-corrected chi connectivity index (χ3v) is 21.2. The Morgan fingerprint density at radius 1 is 0.259 bits per heavy atom. The second-order valence-corrected chi connectivity index (χ2v) is 24.6. The van der Waals surface area contributed by atoms with Crippen LogP contribution in [0.3, 0.4) is 0 Å². The zero-order valence-electron chi connectivity index (χ0n) is 44.3. The maximum atomic E-state index is 2.77. The molecule has 9 heteroatoms. The zero-order valence-corrected chi connectivity index (χ0v) is 46.1. The average molecular weight is 1100 g/mol. The summed E-state index contributed by atoms with van der Waals surface area (Å²) in [6, 6.07) is 91.9. The van der Waals surface area contributed by atoms with Crippen molar-refractivity contribution < 1.29 is 0 Å². The summed E-state index contributed by atoms with van der Waals surface area (Å²) < 4.78 is 2.79. The van der Waals surface area contributed by atoms with Gasteiger partial charge in [0.05, 0.1) is 0 Å². The van der Waals surface area contributed by atoms with Crippen molar-refractivity contribution >= 4 is 152 Å². The molecule has 6 nitrogen and oxygen atoms in total. The quantitative estimate of drug-likeness (QED) is 0.162. The Morgan fingerprint density at radius 2 is 0.654 bits per heavy atom. The first-order chi connectivity index (χ1) is 40.1. The van der Waals surface area contributed by atoms with E-state index in [4.69, 9.17) is 0 Å². The Balaban J connectivity index is 0.964. The first kappa shape index (κ1) is 44.2. The summed E-state index contributed by atoms with van der Waals surface area (Å²) in [7, 11) is 4.52. The average Bonchev–Trinajstić information content (AvgIpc) is 2.47. The van der Waals surface area contributed by atoms with E-state index in [1.807, 2.05) is 0 Å². The van der Waals surface area contributed by atoms with Crippen LogP contribution in [0, 0.1) is 0 Å². The van der Waals surface area contributed by atoms with Crippen molar-refractivity contribution in [2.24, 2.45) is 0 Å². The van der Waals surface area contributed by atoms with Crippen LogP contribution >= 0.6 is 0 Å². The van der Waals surface area contributed by atoms with E-state index >= 15 is 0 Å². The molecule has 11 aromatic carbocycles. The Bertz CT molecular complexity index is 4740. The van der Waals surface area contributed by atoms with Gasteiger partial charge >= 0.3 is 456 Å². The van der Waals surface area contributed by atoms with Crippen molar-refractivity contribution in [2.45, 2.75) is 0 Å². The molecule has 0 N–H and O–H groups in total. The number of para-hydroxylation sites is 4. The van der Waals surface area contributed by atoms with E-state index in [0.29, 0.717) is 0 Å². The van der Waals surface area contributed by atoms with Crippen molar-refractivity contribution in [1.82, 2.24) is 0 Å². The molecule has 1 aromatic heterocycles. The molecular weight excluding hydrogens is 1050 g/mol. The molecule has 8 heterocycles. The molecule has 0 bridgehead atoms. The Hall–Kier alpha value is -9.65. The molecule has 0 amide bonds. The first-order valence-electron chi connectivity index (χ1n) is 28.1. The molecule has 0 fully saturated rings. The van der Waals surface area contributed by atoms with Crippen LogP contribution < -0.4 is 62.2 Å². The molecule has 0 radical (unpaired) electrons. The van der Waals surface area contributed by atoms with Crippen molar-refractivity contribution in [2.75, 3.05) is 43.5 Å². The van der Waals surface area contributed by atoms with Crippen molar-refractivity contribution in [3.8, 4) is 42.3 Å². The SMILES string of the molecule is CN1c2ccccc2N2c3cccc4c3B(c3cc(-c5ccccc5)cc1c32)c1ccc2c3c1N4c1c(-c4ccccc4)[se]c(-c4ccccc4)c1N3c1cccc3c1B2c1ccc(-c2ccccc2)c2c1N3c1ccccc1N2C. The van der Waals surface area contributed by atoms with Gasteiger partial charge in [0.25, 0.3) is 0 Å². The molecule has 0 aliphatic carbocycles. The Morgan fingerprint density at radius 3 is 1.19 bits per heavy atom. The minimum absolute atomic E-state index is 0.0659. The molecule has 12 aromatic rings. The number of hydrogen-bond acceptors (Lipinski definition) is 6. The maximum absolute atomic E-state index is 2.77. The number of benzene rings is 11. The van der Waals surface area contributed by atoms with E-state index in [1.165, 1.54) is 166 Å². The van der Waals surface area contributed by atoms with Crippen LogP contribution in [-0.4, -0.2) is 42.0 Å². The molecule has 0 saturated heterocycles. The van der Waals surface area contributed by atoms with Gasteiger partial charge in [0.15, 0.2) is 0 Å².